The van der Waals surface area contributed by atoms with Crippen LogP contribution in [0.4, 0.5) is 30.6 Å². The molecule has 0 spiro atoms. The van der Waals surface area contributed by atoms with Crippen LogP contribution >= 0.6 is 23.2 Å². The largest absolute Gasteiger partial charge is 0.445 e. The van der Waals surface area contributed by atoms with E-state index in [0.29, 0.717) is 53.4 Å². The predicted molar refractivity (Wildman–Crippen MR) is 196 cm³/mol. The molecule has 1 amide bonds. The number of piperidine rings is 1. The van der Waals surface area contributed by atoms with E-state index in [4.69, 9.17) is 27.9 Å². The maximum atomic E-state index is 15.7. The Morgan fingerprint density at radius 3 is 2.50 bits per heavy atom. The molecule has 4 N–H and O–H groups in total. The Balaban J connectivity index is 1.12. The summed E-state index contributed by atoms with van der Waals surface area (Å²) in [5.41, 5.74) is 10.3. The molecule has 0 saturated carbocycles. The molecule has 2 aliphatic rings. The lowest BCUT2D eigenvalue weighted by atomic mass is 10.0. The summed E-state index contributed by atoms with van der Waals surface area (Å²) in [6.07, 6.45) is 4.32. The Morgan fingerprint density at radius 2 is 1.77 bits per heavy atom. The number of fused-ring (bicyclic) bond motifs is 1. The van der Waals surface area contributed by atoms with Gasteiger partial charge in [0.2, 0.25) is 0 Å². The molecule has 0 bridgehead atoms. The lowest BCUT2D eigenvalue weighted by Gasteiger charge is -2.35. The molecule has 3 heterocycles. The Bertz CT molecular complexity index is 2180. The summed E-state index contributed by atoms with van der Waals surface area (Å²) in [5, 5.41) is 19.2. The van der Waals surface area contributed by atoms with E-state index in [2.05, 4.69) is 32.6 Å². The number of benzene rings is 4. The molecule has 2 aliphatic heterocycles. The van der Waals surface area contributed by atoms with Gasteiger partial charge in [-0.05, 0) is 66.4 Å². The normalized spacial score (nSPS) is 15.1. The summed E-state index contributed by atoms with van der Waals surface area (Å²) in [4.78, 5) is 18.7. The van der Waals surface area contributed by atoms with Gasteiger partial charge in [0.15, 0.2) is 5.82 Å². The van der Waals surface area contributed by atoms with Crippen LogP contribution in [0.15, 0.2) is 103 Å². The third-order valence-electron chi connectivity index (χ3n) is 8.99. The summed E-state index contributed by atoms with van der Waals surface area (Å²) in [5.74, 6) is -1.20. The highest BCUT2D eigenvalue weighted by atomic mass is 35.5. The first-order chi connectivity index (χ1) is 25.2. The first-order valence-corrected chi connectivity index (χ1v) is 17.2. The Kier molecular flexibility index (Phi) is 10.3. The zero-order valence-corrected chi connectivity index (χ0v) is 29.1. The van der Waals surface area contributed by atoms with Gasteiger partial charge in [0, 0.05) is 53.3 Å². The molecule has 1 aromatic heterocycles. The fourth-order valence-corrected chi connectivity index (χ4v) is 6.57. The number of carbonyl (C=O) groups excluding carboxylic acids is 1. The van der Waals surface area contributed by atoms with Crippen molar-refractivity contribution >= 4 is 57.3 Å². The quantitative estimate of drug-likeness (QED) is 0.118. The maximum absolute atomic E-state index is 15.7. The highest BCUT2D eigenvalue weighted by Gasteiger charge is 2.31. The summed E-state index contributed by atoms with van der Waals surface area (Å²) in [7, 11) is 0. The van der Waals surface area contributed by atoms with Crippen LogP contribution in [0.3, 0.4) is 0 Å². The van der Waals surface area contributed by atoms with Crippen LogP contribution in [0.5, 0.6) is 0 Å². The lowest BCUT2D eigenvalue weighted by molar-refractivity contribution is 0.0681. The zero-order valence-electron chi connectivity index (χ0n) is 27.5. The lowest BCUT2D eigenvalue weighted by Crippen LogP contribution is -2.49. The Hall–Kier alpha value is -5.61. The monoisotopic (exact) mass is 740 g/mol. The van der Waals surface area contributed by atoms with Crippen molar-refractivity contribution < 1.29 is 18.3 Å². The summed E-state index contributed by atoms with van der Waals surface area (Å²) in [6, 6.07) is 25.7. The van der Waals surface area contributed by atoms with Gasteiger partial charge < -0.3 is 25.7 Å². The third kappa shape index (κ3) is 7.67. The number of rotatable bonds is 9. The fraction of sp³-hybridized carbons (Fsp3) is 0.184. The minimum atomic E-state index is -0.610. The highest BCUT2D eigenvalue weighted by molar-refractivity contribution is 6.31. The number of hydrazine groups is 2. The number of hydrogen-bond acceptors (Lipinski definition) is 9. The van der Waals surface area contributed by atoms with Crippen LogP contribution in [0.1, 0.15) is 35.6 Å². The number of anilines is 3. The van der Waals surface area contributed by atoms with Crippen molar-refractivity contribution in [3.05, 3.63) is 141 Å². The number of pyridine rings is 1. The standard InChI is InChI=1S/C38H32Cl2F2N8O2/c39-26-8-6-24(7-9-26)36(34-21-50(48-47-34)29-12-14-49(15-13-29)38(51)52-22-23-4-2-1-3-5-23)46-28-16-30-35(45-27-10-11-32(41)31(40)17-27)25(19-43)20-44-37(30)33(42)18-28/h1-11,16-18,20-21,29,36,46-48H,12-15,22H2,(H,44,45). The molecule has 10 nitrogen and oxygen atoms in total. The average Bonchev–Trinajstić information content (AvgIpc) is 3.66. The first kappa shape index (κ1) is 34.8. The number of hydrogen-bond donors (Lipinski definition) is 4. The first-order valence-electron chi connectivity index (χ1n) is 16.5. The van der Waals surface area contributed by atoms with Gasteiger partial charge in [0.05, 0.1) is 28.0 Å². The van der Waals surface area contributed by atoms with E-state index in [1.54, 1.807) is 23.1 Å². The van der Waals surface area contributed by atoms with Crippen LogP contribution < -0.4 is 21.6 Å². The molecule has 1 saturated heterocycles. The van der Waals surface area contributed by atoms with E-state index in [1.807, 2.05) is 53.7 Å². The number of likely N-dealkylation sites (tertiary alicyclic amines) is 1. The van der Waals surface area contributed by atoms with Crippen LogP contribution in [-0.4, -0.2) is 40.1 Å². The zero-order chi connectivity index (χ0) is 36.2. The van der Waals surface area contributed by atoms with Gasteiger partial charge in [-0.1, -0.05) is 65.7 Å². The number of aromatic nitrogens is 1. The summed E-state index contributed by atoms with van der Waals surface area (Å²) < 4.78 is 35.2. The van der Waals surface area contributed by atoms with Crippen LogP contribution in [0.25, 0.3) is 10.9 Å². The van der Waals surface area contributed by atoms with Crippen molar-refractivity contribution in [3.8, 4) is 6.07 Å². The van der Waals surface area contributed by atoms with Gasteiger partial charge in [-0.25, -0.2) is 13.6 Å². The van der Waals surface area contributed by atoms with E-state index >= 15 is 4.39 Å². The van der Waals surface area contributed by atoms with Gasteiger partial charge in [-0.2, -0.15) is 5.26 Å². The molecule has 7 rings (SSSR count). The van der Waals surface area contributed by atoms with Crippen molar-refractivity contribution in [2.75, 3.05) is 23.7 Å². The third-order valence-corrected chi connectivity index (χ3v) is 9.53. The second kappa shape index (κ2) is 15.3. The molecular formula is C38H32Cl2F2N8O2. The van der Waals surface area contributed by atoms with E-state index in [-0.39, 0.29) is 34.8 Å². The number of nitrogens with one attached hydrogen (secondary N) is 4. The van der Waals surface area contributed by atoms with Crippen LogP contribution in [-0.2, 0) is 11.3 Å². The van der Waals surface area contributed by atoms with Crippen LogP contribution in [0.2, 0.25) is 10.0 Å². The van der Waals surface area contributed by atoms with Gasteiger partial charge in [0.1, 0.15) is 24.0 Å². The molecule has 0 aliphatic carbocycles. The van der Waals surface area contributed by atoms with E-state index in [1.165, 1.54) is 30.5 Å². The molecule has 4 aromatic carbocycles. The van der Waals surface area contributed by atoms with E-state index in [9.17, 15) is 14.4 Å². The molecule has 0 radical (unpaired) electrons. The smallest absolute Gasteiger partial charge is 0.410 e. The van der Waals surface area contributed by atoms with E-state index in [0.717, 1.165) is 16.8 Å². The molecule has 1 atom stereocenters. The number of halogens is 4. The predicted octanol–water partition coefficient (Wildman–Crippen LogP) is 8.56. The molecule has 1 unspecified atom stereocenters. The number of nitriles is 1. The SMILES string of the molecule is N#Cc1cnc2c(F)cc(NC(C3=CN(C4CCN(C(=O)OCc5ccccc5)CC4)NN3)c3ccc(Cl)cc3)cc2c1Nc1ccc(F)c(Cl)c1. The number of carbonyl (C=O) groups is 1. The van der Waals surface area contributed by atoms with Crippen LogP contribution in [0, 0.1) is 23.0 Å². The molecule has 1 fully saturated rings. The number of nitrogens with zero attached hydrogens (tertiary/aromatic N) is 4. The maximum Gasteiger partial charge on any atom is 0.410 e. The van der Waals surface area contributed by atoms with Crippen molar-refractivity contribution in [2.24, 2.45) is 0 Å². The second-order valence-electron chi connectivity index (χ2n) is 12.4. The van der Waals surface area contributed by atoms with Gasteiger partial charge in [0.25, 0.3) is 0 Å². The minimum Gasteiger partial charge on any atom is -0.445 e. The fourth-order valence-electron chi connectivity index (χ4n) is 6.27. The molecule has 264 valence electrons. The summed E-state index contributed by atoms with van der Waals surface area (Å²) in [6.45, 7) is 1.29. The molecule has 5 aromatic rings. The van der Waals surface area contributed by atoms with Crippen molar-refractivity contribution in [3.63, 3.8) is 0 Å². The van der Waals surface area contributed by atoms with Crippen molar-refractivity contribution in [1.82, 2.24) is 25.9 Å². The van der Waals surface area contributed by atoms with Gasteiger partial charge in [-0.3, -0.25) is 9.99 Å². The Morgan fingerprint density at radius 1 is 1.00 bits per heavy atom. The second-order valence-corrected chi connectivity index (χ2v) is 13.2. The Labute approximate surface area is 308 Å². The van der Waals surface area contributed by atoms with Gasteiger partial charge >= 0.3 is 6.09 Å². The molecular weight excluding hydrogens is 709 g/mol. The minimum absolute atomic E-state index is 0.0460. The van der Waals surface area contributed by atoms with Crippen molar-refractivity contribution in [1.29, 1.82) is 5.26 Å². The average molecular weight is 742 g/mol. The summed E-state index contributed by atoms with van der Waals surface area (Å²) >= 11 is 12.2. The van der Waals surface area contributed by atoms with E-state index < -0.39 is 17.7 Å². The number of amides is 1. The topological polar surface area (TPSA) is 118 Å². The van der Waals surface area contributed by atoms with Crippen molar-refractivity contribution in [2.45, 2.75) is 31.5 Å². The highest BCUT2D eigenvalue weighted by Crippen LogP contribution is 2.36. The molecule has 14 heteroatoms. The number of ether oxygens (including phenoxy) is 1. The van der Waals surface area contributed by atoms with Gasteiger partial charge in [-0.15, -0.1) is 5.53 Å². The molecule has 52 heavy (non-hydrogen) atoms.